The third kappa shape index (κ3) is 5.35. The molecule has 0 aromatic heterocycles. The summed E-state index contributed by atoms with van der Waals surface area (Å²) in [5.74, 6) is -3.46. The van der Waals surface area contributed by atoms with E-state index < -0.39 is 29.0 Å². The number of carbonyl (C=O) groups is 2. The van der Waals surface area contributed by atoms with Gasteiger partial charge in [0.2, 0.25) is 0 Å². The van der Waals surface area contributed by atoms with Gasteiger partial charge in [0.1, 0.15) is 0 Å². The van der Waals surface area contributed by atoms with Gasteiger partial charge in [-0.2, -0.15) is 0 Å². The maximum absolute atomic E-state index is 12.2. The predicted octanol–water partition coefficient (Wildman–Crippen LogP) is 1.42. The molecule has 0 bridgehead atoms. The van der Waals surface area contributed by atoms with Gasteiger partial charge < -0.3 is 19.8 Å². The number of hydrogen-bond acceptors (Lipinski definition) is 6. The first-order valence-electron chi connectivity index (χ1n) is 7.54. The summed E-state index contributed by atoms with van der Waals surface area (Å²) in [6.45, 7) is 11.6. The van der Waals surface area contributed by atoms with Gasteiger partial charge in [0.15, 0.2) is 11.8 Å². The minimum Gasteiger partial charge on any atom is -0.624 e. The van der Waals surface area contributed by atoms with Crippen LogP contribution in [0.3, 0.4) is 0 Å². The Bertz CT molecular complexity index is 446. The van der Waals surface area contributed by atoms with Crippen LogP contribution in [0.25, 0.3) is 0 Å². The first-order chi connectivity index (χ1) is 10.5. The molecule has 0 spiro atoms. The minimum atomic E-state index is -2.60. The van der Waals surface area contributed by atoms with E-state index >= 15 is 0 Å². The molecule has 0 fully saturated rings. The Morgan fingerprint density at radius 2 is 1.65 bits per heavy atom. The molecule has 0 aliphatic carbocycles. The molecule has 0 saturated carbocycles. The molecule has 0 unspecified atom stereocenters. The van der Waals surface area contributed by atoms with Gasteiger partial charge >= 0.3 is 11.9 Å². The van der Waals surface area contributed by atoms with Crippen molar-refractivity contribution in [3.05, 3.63) is 17.9 Å². The van der Waals surface area contributed by atoms with Crippen molar-refractivity contribution in [2.45, 2.75) is 52.2 Å². The molecule has 0 rings (SSSR count). The number of rotatable bonds is 8. The third-order valence-electron chi connectivity index (χ3n) is 3.11. The number of hydrogen-bond donors (Lipinski definition) is 1. The number of aliphatic hydroxyl groups is 1. The lowest BCUT2D eigenvalue weighted by Crippen LogP contribution is -2.56. The van der Waals surface area contributed by atoms with Crippen LogP contribution in [0.4, 0.5) is 0 Å². The molecule has 7 heteroatoms. The fourth-order valence-corrected chi connectivity index (χ4v) is 1.77. The zero-order valence-corrected chi connectivity index (χ0v) is 14.5. The van der Waals surface area contributed by atoms with Crippen LogP contribution in [0.15, 0.2) is 12.7 Å². The monoisotopic (exact) mass is 329 g/mol. The van der Waals surface area contributed by atoms with Crippen molar-refractivity contribution in [2.75, 3.05) is 13.2 Å². The average molecular weight is 329 g/mol. The van der Waals surface area contributed by atoms with Crippen LogP contribution in [0.2, 0.25) is 0 Å². The Morgan fingerprint density at radius 3 is 1.96 bits per heavy atom. The summed E-state index contributed by atoms with van der Waals surface area (Å²) in [5.41, 5.74) is -3.40. The first-order valence-corrected chi connectivity index (χ1v) is 7.54. The van der Waals surface area contributed by atoms with E-state index in [-0.39, 0.29) is 19.6 Å². The van der Waals surface area contributed by atoms with Crippen LogP contribution in [-0.2, 0) is 19.1 Å². The molecule has 1 N–H and O–H groups in total. The summed E-state index contributed by atoms with van der Waals surface area (Å²) < 4.78 is 10.2. The Balaban J connectivity index is 5.99. The lowest BCUT2D eigenvalue weighted by molar-refractivity contribution is -0.533. The van der Waals surface area contributed by atoms with Crippen LogP contribution in [-0.4, -0.2) is 52.4 Å². The smallest absolute Gasteiger partial charge is 0.350 e. The van der Waals surface area contributed by atoms with Crippen molar-refractivity contribution in [3.63, 3.8) is 0 Å². The topological polar surface area (TPSA) is 98.9 Å². The minimum absolute atomic E-state index is 0.0168. The molecule has 0 amide bonds. The zero-order valence-electron chi connectivity index (χ0n) is 14.5. The molecule has 0 heterocycles. The van der Waals surface area contributed by atoms with Gasteiger partial charge in [-0.15, -0.1) is 6.58 Å². The highest BCUT2D eigenvalue weighted by Gasteiger charge is 2.54. The van der Waals surface area contributed by atoms with E-state index in [1.807, 2.05) is 0 Å². The molecule has 132 valence electrons. The molecular formula is C16H27NO6. The quantitative estimate of drug-likeness (QED) is 0.137. The highest BCUT2D eigenvalue weighted by Crippen LogP contribution is 2.25. The maximum atomic E-state index is 12.2. The summed E-state index contributed by atoms with van der Waals surface area (Å²) in [6.07, 6.45) is 2.51. The molecule has 23 heavy (non-hydrogen) atoms. The highest BCUT2D eigenvalue weighted by atomic mass is 16.6. The van der Waals surface area contributed by atoms with Gasteiger partial charge in [-0.25, -0.2) is 14.3 Å². The van der Waals surface area contributed by atoms with Crippen molar-refractivity contribution in [3.8, 4) is 0 Å². The molecule has 0 aliphatic heterocycles. The number of ether oxygens (including phenoxy) is 2. The molecule has 1 atom stereocenters. The van der Waals surface area contributed by atoms with E-state index in [4.69, 9.17) is 9.47 Å². The Morgan fingerprint density at radius 1 is 1.22 bits per heavy atom. The summed E-state index contributed by atoms with van der Waals surface area (Å²) in [6, 6.07) is 0. The highest BCUT2D eigenvalue weighted by molar-refractivity contribution is 6.06. The number of nitrogens with zero attached hydrogens (tertiary/aromatic N) is 1. The van der Waals surface area contributed by atoms with Crippen LogP contribution >= 0.6 is 0 Å². The largest absolute Gasteiger partial charge is 0.624 e. The molecule has 0 radical (unpaired) electrons. The second-order valence-electron chi connectivity index (χ2n) is 5.98. The molecule has 0 aromatic rings. The summed E-state index contributed by atoms with van der Waals surface area (Å²) in [5, 5.41) is 22.9. The molecule has 7 nitrogen and oxygen atoms in total. The fraction of sp³-hybridized carbons (Fsp3) is 0.688. The van der Waals surface area contributed by atoms with E-state index in [9.17, 15) is 19.9 Å². The molecular weight excluding hydrogens is 302 g/mol. The maximum Gasteiger partial charge on any atom is 0.350 e. The molecule has 0 aliphatic rings. The predicted molar refractivity (Wildman–Crippen MR) is 86.0 cm³/mol. The zero-order chi connectivity index (χ0) is 18.3. The van der Waals surface area contributed by atoms with Crippen molar-refractivity contribution in [1.82, 2.24) is 0 Å². The summed E-state index contributed by atoms with van der Waals surface area (Å²) in [4.78, 5) is 24.4. The standard InChI is InChI=1S/C16H27NO6/c1-7-10-12(11-17(21)15(4,5)6)16(20,13(18)22-8-2)14(19)23-9-3/h7,11-12,20H,1,8-10H2,2-6H3/b17-11-/t12-/m1/s1. The van der Waals surface area contributed by atoms with Gasteiger partial charge in [0.25, 0.3) is 5.60 Å². The summed E-state index contributed by atoms with van der Waals surface area (Å²) >= 11 is 0. The Labute approximate surface area is 137 Å². The third-order valence-corrected chi connectivity index (χ3v) is 3.11. The number of carbonyl (C=O) groups excluding carboxylic acids is 2. The number of hydroxylamine groups is 1. The van der Waals surface area contributed by atoms with Gasteiger partial charge in [-0.05, 0) is 20.3 Å². The van der Waals surface area contributed by atoms with E-state index in [0.717, 1.165) is 6.21 Å². The molecule has 0 saturated heterocycles. The number of allylic oxidation sites excluding steroid dienone is 1. The Kier molecular flexibility index (Phi) is 7.95. The van der Waals surface area contributed by atoms with Crippen molar-refractivity contribution in [2.24, 2.45) is 5.92 Å². The SMILES string of the molecule is C=CC[C@H](/C=[N+](\[O-])C(C)(C)C)C(O)(C(=O)OCC)C(=O)OCC. The normalized spacial score (nSPS) is 14.1. The van der Waals surface area contributed by atoms with E-state index in [1.165, 1.54) is 6.08 Å². The lowest BCUT2D eigenvalue weighted by Gasteiger charge is -2.29. The van der Waals surface area contributed by atoms with Crippen LogP contribution in [0.5, 0.6) is 0 Å². The van der Waals surface area contributed by atoms with E-state index in [0.29, 0.717) is 4.74 Å². The summed E-state index contributed by atoms with van der Waals surface area (Å²) in [7, 11) is 0. The first kappa shape index (κ1) is 21.1. The van der Waals surface area contributed by atoms with Gasteiger partial charge in [0.05, 0.1) is 19.1 Å². The second-order valence-corrected chi connectivity index (χ2v) is 5.98. The van der Waals surface area contributed by atoms with Crippen molar-refractivity contribution >= 4 is 18.2 Å². The van der Waals surface area contributed by atoms with Crippen LogP contribution < -0.4 is 0 Å². The second kappa shape index (κ2) is 8.67. The fourth-order valence-electron chi connectivity index (χ4n) is 1.77. The van der Waals surface area contributed by atoms with Gasteiger partial charge in [-0.3, -0.25) is 0 Å². The van der Waals surface area contributed by atoms with Crippen molar-refractivity contribution < 1.29 is 28.9 Å². The van der Waals surface area contributed by atoms with Crippen LogP contribution in [0.1, 0.15) is 41.0 Å². The van der Waals surface area contributed by atoms with Gasteiger partial charge in [0, 0.05) is 20.8 Å². The van der Waals surface area contributed by atoms with Crippen molar-refractivity contribution in [1.29, 1.82) is 0 Å². The molecule has 0 aromatic carbocycles. The lowest BCUT2D eigenvalue weighted by atomic mass is 9.85. The number of esters is 2. The average Bonchev–Trinajstić information content (AvgIpc) is 2.45. The Hall–Kier alpha value is -1.89. The van der Waals surface area contributed by atoms with Gasteiger partial charge in [-0.1, -0.05) is 6.08 Å². The van der Waals surface area contributed by atoms with E-state index in [2.05, 4.69) is 6.58 Å². The van der Waals surface area contributed by atoms with E-state index in [1.54, 1.807) is 34.6 Å². The van der Waals surface area contributed by atoms with Crippen LogP contribution in [0, 0.1) is 11.1 Å².